The van der Waals surface area contributed by atoms with Crippen LogP contribution in [0.15, 0.2) is 36.5 Å². The fourth-order valence-corrected chi connectivity index (χ4v) is 3.15. The summed E-state index contributed by atoms with van der Waals surface area (Å²) in [6.45, 7) is 2.23. The number of benzene rings is 1. The Morgan fingerprint density at radius 1 is 1.14 bits per heavy atom. The number of aryl methyl sites for hydroxylation is 1. The predicted octanol–water partition coefficient (Wildman–Crippen LogP) is 3.63. The first-order chi connectivity index (χ1) is 13.3. The van der Waals surface area contributed by atoms with Crippen molar-refractivity contribution in [1.82, 2.24) is 20.3 Å². The maximum Gasteiger partial charge on any atom is 0.573 e. The number of hydrogen-bond acceptors (Lipinski definition) is 4. The fourth-order valence-electron chi connectivity index (χ4n) is 3.15. The summed E-state index contributed by atoms with van der Waals surface area (Å²) in [7, 11) is 0. The second-order valence-electron chi connectivity index (χ2n) is 6.37. The monoisotopic (exact) mass is 388 g/mol. The van der Waals surface area contributed by atoms with Crippen molar-refractivity contribution in [3.63, 3.8) is 0 Å². The summed E-state index contributed by atoms with van der Waals surface area (Å²) in [6.07, 6.45) is -2.47. The summed E-state index contributed by atoms with van der Waals surface area (Å²) in [5, 5.41) is 2.79. The number of carbonyl (C=O) groups is 1. The third-order valence-electron chi connectivity index (χ3n) is 4.41. The second-order valence-corrected chi connectivity index (χ2v) is 6.37. The quantitative estimate of drug-likeness (QED) is 0.718. The molecule has 0 radical (unpaired) electrons. The lowest BCUT2D eigenvalue weighted by atomic mass is 10.1. The molecule has 0 fully saturated rings. The number of aromatic amines is 1. The number of alkyl halides is 3. The van der Waals surface area contributed by atoms with Crippen molar-refractivity contribution in [2.75, 3.05) is 6.54 Å². The molecule has 0 spiro atoms. The van der Waals surface area contributed by atoms with Crippen molar-refractivity contribution >= 4 is 5.91 Å². The smallest absolute Gasteiger partial charge is 0.406 e. The number of nitrogens with one attached hydrogen (secondary N) is 2. The number of aromatic nitrogens is 3. The highest BCUT2D eigenvalue weighted by molar-refractivity contribution is 5.97. The van der Waals surface area contributed by atoms with Gasteiger partial charge < -0.3 is 15.0 Å². The van der Waals surface area contributed by atoms with Gasteiger partial charge in [0.1, 0.15) is 5.75 Å². The van der Waals surface area contributed by atoms with E-state index in [4.69, 9.17) is 0 Å². The van der Waals surface area contributed by atoms with E-state index in [1.807, 2.05) is 0 Å². The highest BCUT2D eigenvalue weighted by Gasteiger charge is 2.31. The summed E-state index contributed by atoms with van der Waals surface area (Å²) in [5.74, 6) is -0.0623. The van der Waals surface area contributed by atoms with Crippen molar-refractivity contribution in [2.24, 2.45) is 0 Å². The number of fused-ring (bicyclic) bond motifs is 1. The number of carbonyl (C=O) groups excluding carboxylic acids is 1. The van der Waals surface area contributed by atoms with Gasteiger partial charge in [0, 0.05) is 30.4 Å². The van der Waals surface area contributed by atoms with Crippen LogP contribution in [-0.2, 0) is 6.42 Å². The van der Waals surface area contributed by atoms with Crippen molar-refractivity contribution in [1.29, 1.82) is 0 Å². The van der Waals surface area contributed by atoms with E-state index in [1.54, 1.807) is 25.3 Å². The molecule has 9 heteroatoms. The minimum Gasteiger partial charge on any atom is -0.406 e. The lowest BCUT2D eigenvalue weighted by Crippen LogP contribution is -2.31. The van der Waals surface area contributed by atoms with Gasteiger partial charge in [-0.3, -0.25) is 4.79 Å². The number of amides is 1. The van der Waals surface area contributed by atoms with E-state index < -0.39 is 6.36 Å². The molecule has 1 aliphatic rings. The van der Waals surface area contributed by atoms with Crippen LogP contribution < -0.4 is 10.1 Å². The Balaban J connectivity index is 1.67. The zero-order valence-electron chi connectivity index (χ0n) is 14.7. The maximum atomic E-state index is 12.4. The first-order valence-electron chi connectivity index (χ1n) is 8.50. The molecule has 4 rings (SSSR count). The van der Waals surface area contributed by atoms with Gasteiger partial charge >= 0.3 is 6.36 Å². The first-order valence-corrected chi connectivity index (χ1v) is 8.50. The Morgan fingerprint density at radius 3 is 2.68 bits per heavy atom. The molecule has 1 aromatic carbocycles. The van der Waals surface area contributed by atoms with Crippen molar-refractivity contribution in [3.05, 3.63) is 53.3 Å². The number of hydrogen-bond donors (Lipinski definition) is 2. The third kappa shape index (κ3) is 3.55. The van der Waals surface area contributed by atoms with Crippen LogP contribution in [-0.4, -0.2) is 33.8 Å². The molecular formula is C19H15F3N4O2. The Hall–Kier alpha value is -3.36. The molecule has 3 heterocycles. The molecule has 0 bridgehead atoms. The molecule has 28 heavy (non-hydrogen) atoms. The summed E-state index contributed by atoms with van der Waals surface area (Å²) in [5.41, 5.74) is 3.84. The molecule has 0 aliphatic carbocycles. The highest BCUT2D eigenvalue weighted by Crippen LogP contribution is 2.29. The number of H-pyrrole nitrogens is 1. The lowest BCUT2D eigenvalue weighted by molar-refractivity contribution is -0.274. The number of halogens is 3. The second kappa shape index (κ2) is 6.66. The van der Waals surface area contributed by atoms with Crippen LogP contribution in [0.3, 0.4) is 0 Å². The van der Waals surface area contributed by atoms with Crippen molar-refractivity contribution in [3.8, 4) is 28.5 Å². The van der Waals surface area contributed by atoms with Gasteiger partial charge in [-0.15, -0.1) is 13.2 Å². The highest BCUT2D eigenvalue weighted by atomic mass is 19.4. The van der Waals surface area contributed by atoms with Gasteiger partial charge in [-0.05, 0) is 42.8 Å². The number of ether oxygens (including phenoxy) is 1. The number of rotatable bonds is 3. The summed E-state index contributed by atoms with van der Waals surface area (Å²) < 4.78 is 41.1. The average molecular weight is 388 g/mol. The minimum absolute atomic E-state index is 0.130. The van der Waals surface area contributed by atoms with Crippen LogP contribution in [0.1, 0.15) is 21.6 Å². The van der Waals surface area contributed by atoms with Gasteiger partial charge in [0.25, 0.3) is 5.91 Å². The van der Waals surface area contributed by atoms with Gasteiger partial charge in [-0.1, -0.05) is 0 Å². The summed E-state index contributed by atoms with van der Waals surface area (Å²) in [4.78, 5) is 23.9. The van der Waals surface area contributed by atoms with Crippen LogP contribution in [0.4, 0.5) is 13.2 Å². The largest absolute Gasteiger partial charge is 0.573 e. The van der Waals surface area contributed by atoms with Crippen molar-refractivity contribution in [2.45, 2.75) is 19.7 Å². The van der Waals surface area contributed by atoms with Crippen LogP contribution in [0, 0.1) is 6.92 Å². The van der Waals surface area contributed by atoms with E-state index in [2.05, 4.69) is 25.0 Å². The molecule has 3 aromatic rings. The zero-order valence-corrected chi connectivity index (χ0v) is 14.7. The lowest BCUT2D eigenvalue weighted by Gasteiger charge is -2.11. The summed E-state index contributed by atoms with van der Waals surface area (Å²) in [6, 6.07) is 7.45. The minimum atomic E-state index is -4.75. The SMILES string of the molecule is Cc1cc(OC(F)(F)F)ccc1-c1nccc(-c2cc3c([nH]2)CCNC3=O)n1. The van der Waals surface area contributed by atoms with Gasteiger partial charge in [-0.2, -0.15) is 0 Å². The predicted molar refractivity (Wildman–Crippen MR) is 94.7 cm³/mol. The first kappa shape index (κ1) is 18.0. The van der Waals surface area contributed by atoms with Gasteiger partial charge in [0.15, 0.2) is 5.82 Å². The topological polar surface area (TPSA) is 79.9 Å². The van der Waals surface area contributed by atoms with Crippen molar-refractivity contribution < 1.29 is 22.7 Å². The van der Waals surface area contributed by atoms with E-state index in [9.17, 15) is 18.0 Å². The normalized spacial score (nSPS) is 13.8. The maximum absolute atomic E-state index is 12.4. The van der Waals surface area contributed by atoms with Gasteiger partial charge in [-0.25, -0.2) is 9.97 Å². The van der Waals surface area contributed by atoms with E-state index in [-0.39, 0.29) is 11.7 Å². The molecule has 0 saturated carbocycles. The van der Waals surface area contributed by atoms with Crippen LogP contribution in [0.5, 0.6) is 5.75 Å². The average Bonchev–Trinajstić information content (AvgIpc) is 3.06. The van der Waals surface area contributed by atoms with Crippen LogP contribution >= 0.6 is 0 Å². The molecule has 2 N–H and O–H groups in total. The molecule has 1 amide bonds. The van der Waals surface area contributed by atoms with E-state index >= 15 is 0 Å². The van der Waals surface area contributed by atoms with Gasteiger partial charge in [0.05, 0.1) is 17.0 Å². The van der Waals surface area contributed by atoms with E-state index in [0.29, 0.717) is 46.9 Å². The molecule has 2 aromatic heterocycles. The zero-order chi connectivity index (χ0) is 19.9. The molecule has 1 aliphatic heterocycles. The van der Waals surface area contributed by atoms with Crippen LogP contribution in [0.2, 0.25) is 0 Å². The fraction of sp³-hybridized carbons (Fsp3) is 0.211. The van der Waals surface area contributed by atoms with E-state index in [1.165, 1.54) is 18.2 Å². The molecule has 6 nitrogen and oxygen atoms in total. The molecular weight excluding hydrogens is 373 g/mol. The Bertz CT molecular complexity index is 1060. The van der Waals surface area contributed by atoms with Gasteiger partial charge in [0.2, 0.25) is 0 Å². The standard InChI is InChI=1S/C19H15F3N4O2/c1-10-8-11(28-19(20,21)22)2-3-12(10)17-23-6-5-15(26-17)16-9-13-14(25-16)4-7-24-18(13)27/h2-3,5-6,8-9,25H,4,7H2,1H3,(H,24,27). The van der Waals surface area contributed by atoms with Crippen LogP contribution in [0.25, 0.3) is 22.8 Å². The third-order valence-corrected chi connectivity index (χ3v) is 4.41. The Kier molecular flexibility index (Phi) is 4.29. The molecule has 0 unspecified atom stereocenters. The number of nitrogens with zero attached hydrogens (tertiary/aromatic N) is 2. The Morgan fingerprint density at radius 2 is 1.96 bits per heavy atom. The molecule has 0 saturated heterocycles. The summed E-state index contributed by atoms with van der Waals surface area (Å²) >= 11 is 0. The Labute approximate surface area is 157 Å². The molecule has 0 atom stereocenters. The van der Waals surface area contributed by atoms with E-state index in [0.717, 1.165) is 5.69 Å². The molecule has 144 valence electrons.